The molecule has 4 heterocycles. The number of hydrogen-bond acceptors (Lipinski definition) is 7. The first-order valence-corrected chi connectivity index (χ1v) is 16.4. The van der Waals surface area contributed by atoms with Crippen LogP contribution in [-0.2, 0) is 14.4 Å². The maximum atomic E-state index is 13.9. The fourth-order valence-corrected chi connectivity index (χ4v) is 10.2. The lowest BCUT2D eigenvalue weighted by atomic mass is 9.72. The minimum atomic E-state index is -0.231. The fraction of sp³-hybridized carbons (Fsp3) is 0.697. The number of benzene rings is 1. The Morgan fingerprint density at radius 3 is 2.38 bits per heavy atom. The van der Waals surface area contributed by atoms with E-state index in [1.165, 1.54) is 19.3 Å². The van der Waals surface area contributed by atoms with E-state index in [2.05, 4.69) is 34.4 Å². The number of imide groups is 1. The molecular weight excluding hydrogens is 530 g/mol. The van der Waals surface area contributed by atoms with E-state index in [0.717, 1.165) is 62.0 Å². The summed E-state index contributed by atoms with van der Waals surface area (Å²) in [7, 11) is 0. The Bertz CT molecular complexity index is 1380. The highest BCUT2D eigenvalue weighted by Gasteiger charge is 2.67. The minimum Gasteiger partial charge on any atom is -0.356 e. The number of likely N-dealkylation sites (tertiary alicyclic amines) is 2. The van der Waals surface area contributed by atoms with Gasteiger partial charge in [0.2, 0.25) is 17.7 Å². The van der Waals surface area contributed by atoms with Crippen LogP contribution < -0.4 is 5.32 Å². The molecule has 2 aromatic rings. The first-order chi connectivity index (χ1) is 20.5. The Hall–Kier alpha value is -2.78. The molecule has 42 heavy (non-hydrogen) atoms. The van der Waals surface area contributed by atoms with Gasteiger partial charge >= 0.3 is 0 Å². The van der Waals surface area contributed by atoms with Crippen LogP contribution in [0.4, 0.5) is 0 Å². The van der Waals surface area contributed by atoms with E-state index in [-0.39, 0.29) is 53.4 Å². The van der Waals surface area contributed by atoms with E-state index >= 15 is 0 Å². The summed E-state index contributed by atoms with van der Waals surface area (Å²) in [5.41, 5.74) is 1.97. The van der Waals surface area contributed by atoms with E-state index < -0.39 is 0 Å². The van der Waals surface area contributed by atoms with Crippen molar-refractivity contribution in [2.75, 3.05) is 39.4 Å². The molecule has 224 valence electrons. The lowest BCUT2D eigenvalue weighted by Gasteiger charge is -2.39. The third kappa shape index (κ3) is 4.17. The van der Waals surface area contributed by atoms with Crippen LogP contribution in [0.3, 0.4) is 0 Å². The third-order valence-corrected chi connectivity index (χ3v) is 12.2. The molecule has 6 aliphatic rings. The van der Waals surface area contributed by atoms with Crippen LogP contribution in [0.15, 0.2) is 28.8 Å². The summed E-state index contributed by atoms with van der Waals surface area (Å²) >= 11 is 0. The Morgan fingerprint density at radius 2 is 1.64 bits per heavy atom. The zero-order chi connectivity index (χ0) is 28.5. The van der Waals surface area contributed by atoms with Crippen molar-refractivity contribution in [1.29, 1.82) is 0 Å². The van der Waals surface area contributed by atoms with E-state index in [9.17, 15) is 14.4 Å². The number of carbonyl (C=O) groups is 3. The molecule has 1 aromatic carbocycles. The first-order valence-electron chi connectivity index (χ1n) is 16.4. The Morgan fingerprint density at radius 1 is 0.929 bits per heavy atom. The van der Waals surface area contributed by atoms with Crippen molar-refractivity contribution in [3.8, 4) is 0 Å². The Labute approximate surface area is 247 Å². The number of aromatic nitrogens is 1. The molecule has 3 aliphatic heterocycles. The number of piperidine rings is 1. The van der Waals surface area contributed by atoms with Gasteiger partial charge in [-0.25, -0.2) is 0 Å². The van der Waals surface area contributed by atoms with Crippen LogP contribution >= 0.6 is 0 Å². The van der Waals surface area contributed by atoms with Crippen molar-refractivity contribution in [2.45, 2.75) is 63.8 Å². The summed E-state index contributed by atoms with van der Waals surface area (Å²) in [5, 5.41) is 8.76. The van der Waals surface area contributed by atoms with Crippen LogP contribution in [0, 0.1) is 41.4 Å². The second-order valence-corrected chi connectivity index (χ2v) is 14.1. The summed E-state index contributed by atoms with van der Waals surface area (Å²) in [6.07, 6.45) is 7.75. The van der Waals surface area contributed by atoms with Gasteiger partial charge in [-0.1, -0.05) is 37.1 Å². The van der Waals surface area contributed by atoms with Crippen molar-refractivity contribution < 1.29 is 18.9 Å². The summed E-state index contributed by atoms with van der Waals surface area (Å²) in [6.45, 7) is 6.87. The molecule has 2 bridgehead atoms. The Kier molecular flexibility index (Phi) is 6.67. The average molecular weight is 574 g/mol. The van der Waals surface area contributed by atoms with Gasteiger partial charge in [-0.3, -0.25) is 24.6 Å². The lowest BCUT2D eigenvalue weighted by Crippen LogP contribution is -2.50. The van der Waals surface area contributed by atoms with Gasteiger partial charge in [0, 0.05) is 30.4 Å². The maximum Gasteiger partial charge on any atom is 0.237 e. The molecule has 8 rings (SSSR count). The smallest absolute Gasteiger partial charge is 0.237 e. The second kappa shape index (κ2) is 10.4. The molecule has 1 aromatic heterocycles. The highest BCUT2D eigenvalue weighted by molar-refractivity contribution is 6.06. The quantitative estimate of drug-likeness (QED) is 0.529. The van der Waals surface area contributed by atoms with Gasteiger partial charge in [-0.05, 0) is 86.9 Å². The molecule has 8 atom stereocenters. The largest absolute Gasteiger partial charge is 0.356 e. The lowest BCUT2D eigenvalue weighted by molar-refractivity contribution is -0.142. The summed E-state index contributed by atoms with van der Waals surface area (Å²) in [4.78, 5) is 46.5. The SMILES string of the molecule is CC1C2CC(C3C(=O)N(C[C@H]4CCCC[C@@H]4CN4CCC(c5noc6ccccc56)CC4)C(=O)C23)C1N1CNCC1=O. The van der Waals surface area contributed by atoms with Crippen molar-refractivity contribution in [1.82, 2.24) is 25.2 Å². The van der Waals surface area contributed by atoms with Crippen LogP contribution in [0.25, 0.3) is 11.0 Å². The molecule has 3 amide bonds. The number of fused-ring (bicyclic) bond motifs is 6. The standard InChI is InChI=1S/C33H43N5O4/c1-19-24-14-25(31(19)38-18-34-15-27(38)39)29-28(24)32(40)37(33(29)41)17-22-7-3-2-6-21(22)16-36-12-10-20(11-13-36)30-23-8-4-5-9-26(23)42-35-30/h4-5,8-9,19-22,24-25,28-29,31,34H,2-3,6-7,10-18H2,1H3/t19?,21-,22-,24?,25?,28?,29?,31?/m1/s1. The van der Waals surface area contributed by atoms with Gasteiger partial charge in [0.05, 0.1) is 30.7 Å². The minimum absolute atomic E-state index is 0.0546. The zero-order valence-electron chi connectivity index (χ0n) is 24.6. The maximum absolute atomic E-state index is 13.9. The number of para-hydroxylation sites is 1. The average Bonchev–Trinajstić information content (AvgIpc) is 3.81. The van der Waals surface area contributed by atoms with Crippen LogP contribution in [-0.4, -0.2) is 83.0 Å². The molecule has 3 saturated heterocycles. The predicted octanol–water partition coefficient (Wildman–Crippen LogP) is 3.46. The third-order valence-electron chi connectivity index (χ3n) is 12.2. The summed E-state index contributed by atoms with van der Waals surface area (Å²) in [6, 6.07) is 8.23. The predicted molar refractivity (Wildman–Crippen MR) is 156 cm³/mol. The number of amides is 3. The number of carbonyl (C=O) groups excluding carboxylic acids is 3. The van der Waals surface area contributed by atoms with E-state index in [1.807, 2.05) is 17.0 Å². The number of nitrogens with one attached hydrogen (secondary N) is 1. The molecule has 0 spiro atoms. The number of rotatable bonds is 6. The molecule has 6 fully saturated rings. The van der Waals surface area contributed by atoms with Gasteiger partial charge in [0.25, 0.3) is 0 Å². The normalized spacial score (nSPS) is 37.5. The molecule has 3 saturated carbocycles. The first kappa shape index (κ1) is 26.8. The van der Waals surface area contributed by atoms with Crippen LogP contribution in [0.5, 0.6) is 0 Å². The van der Waals surface area contributed by atoms with Gasteiger partial charge in [-0.2, -0.15) is 0 Å². The van der Waals surface area contributed by atoms with E-state index in [1.54, 1.807) is 4.90 Å². The van der Waals surface area contributed by atoms with Gasteiger partial charge < -0.3 is 14.3 Å². The van der Waals surface area contributed by atoms with Crippen molar-refractivity contribution >= 4 is 28.7 Å². The van der Waals surface area contributed by atoms with Gasteiger partial charge in [0.15, 0.2) is 5.58 Å². The van der Waals surface area contributed by atoms with Crippen molar-refractivity contribution in [3.63, 3.8) is 0 Å². The highest BCUT2D eigenvalue weighted by atomic mass is 16.5. The molecule has 3 aliphatic carbocycles. The molecule has 0 radical (unpaired) electrons. The molecule has 9 heteroatoms. The number of hydrogen-bond donors (Lipinski definition) is 1. The van der Waals surface area contributed by atoms with Crippen molar-refractivity contribution in [3.05, 3.63) is 30.0 Å². The number of nitrogens with zero attached hydrogens (tertiary/aromatic N) is 4. The highest BCUT2D eigenvalue weighted by Crippen LogP contribution is 2.60. The Balaban J connectivity index is 0.920. The van der Waals surface area contributed by atoms with Gasteiger partial charge in [0.1, 0.15) is 0 Å². The van der Waals surface area contributed by atoms with Crippen LogP contribution in [0.2, 0.25) is 0 Å². The molecule has 6 unspecified atom stereocenters. The summed E-state index contributed by atoms with van der Waals surface area (Å²) in [5.74, 6) is 1.77. The monoisotopic (exact) mass is 573 g/mol. The molecular formula is C33H43N5O4. The van der Waals surface area contributed by atoms with Crippen molar-refractivity contribution in [2.24, 2.45) is 41.4 Å². The zero-order valence-corrected chi connectivity index (χ0v) is 24.6. The van der Waals surface area contributed by atoms with E-state index in [4.69, 9.17) is 4.52 Å². The molecule has 1 N–H and O–H groups in total. The van der Waals surface area contributed by atoms with Crippen LogP contribution in [0.1, 0.15) is 63.5 Å². The topological polar surface area (TPSA) is 99.0 Å². The molecule has 9 nitrogen and oxygen atoms in total. The summed E-state index contributed by atoms with van der Waals surface area (Å²) < 4.78 is 5.59. The van der Waals surface area contributed by atoms with Gasteiger partial charge in [-0.15, -0.1) is 0 Å². The second-order valence-electron chi connectivity index (χ2n) is 14.1. The fourth-order valence-electron chi connectivity index (χ4n) is 10.2. The van der Waals surface area contributed by atoms with E-state index in [0.29, 0.717) is 37.5 Å².